The van der Waals surface area contributed by atoms with Crippen LogP contribution in [0.2, 0.25) is 0 Å². The molecule has 1 saturated heterocycles. The van der Waals surface area contributed by atoms with Crippen LogP contribution >= 0.6 is 0 Å². The fourth-order valence-corrected chi connectivity index (χ4v) is 1.93. The second kappa shape index (κ2) is 5.46. The van der Waals surface area contributed by atoms with E-state index in [1.165, 1.54) is 12.8 Å². The van der Waals surface area contributed by atoms with Gasteiger partial charge in [-0.1, -0.05) is 0 Å². The lowest BCUT2D eigenvalue weighted by Gasteiger charge is -2.09. The minimum atomic E-state index is 0.409. The first-order valence-corrected chi connectivity index (χ1v) is 6.12. The number of hydrogen-bond acceptors (Lipinski definition) is 3. The molecule has 0 saturated carbocycles. The van der Waals surface area contributed by atoms with Gasteiger partial charge in [0.2, 0.25) is 0 Å². The van der Waals surface area contributed by atoms with Crippen LogP contribution in [0.5, 0.6) is 0 Å². The molecule has 1 unspecified atom stereocenters. The molecule has 1 aromatic rings. The lowest BCUT2D eigenvalue weighted by atomic mass is 10.2. The molecule has 0 spiro atoms. The van der Waals surface area contributed by atoms with Crippen molar-refractivity contribution in [2.75, 3.05) is 13.2 Å². The monoisotopic (exact) mass is 223 g/mol. The summed E-state index contributed by atoms with van der Waals surface area (Å²) in [5.74, 6) is 0. The predicted octanol–water partition coefficient (Wildman–Crippen LogP) is 1.73. The van der Waals surface area contributed by atoms with E-state index in [4.69, 9.17) is 4.74 Å². The van der Waals surface area contributed by atoms with Crippen molar-refractivity contribution in [1.29, 1.82) is 0 Å². The van der Waals surface area contributed by atoms with Gasteiger partial charge in [-0.05, 0) is 32.8 Å². The van der Waals surface area contributed by atoms with Gasteiger partial charge in [-0.15, -0.1) is 0 Å². The van der Waals surface area contributed by atoms with Gasteiger partial charge in [0.1, 0.15) is 0 Å². The van der Waals surface area contributed by atoms with Gasteiger partial charge in [0, 0.05) is 31.9 Å². The van der Waals surface area contributed by atoms with Gasteiger partial charge in [0.05, 0.1) is 11.8 Å². The van der Waals surface area contributed by atoms with Crippen LogP contribution in [0.3, 0.4) is 0 Å². The van der Waals surface area contributed by atoms with Crippen molar-refractivity contribution in [2.45, 2.75) is 45.4 Å². The molecule has 0 bridgehead atoms. The van der Waals surface area contributed by atoms with Crippen molar-refractivity contribution in [3.63, 3.8) is 0 Å². The first kappa shape index (κ1) is 11.6. The van der Waals surface area contributed by atoms with Gasteiger partial charge < -0.3 is 10.1 Å². The third-order valence-electron chi connectivity index (χ3n) is 2.89. The Hall–Kier alpha value is -0.870. The largest absolute Gasteiger partial charge is 0.377 e. The molecule has 1 aromatic heterocycles. The number of hydrogen-bond donors (Lipinski definition) is 1. The van der Waals surface area contributed by atoms with E-state index < -0.39 is 0 Å². The van der Waals surface area contributed by atoms with Gasteiger partial charge in [-0.3, -0.25) is 4.68 Å². The summed E-state index contributed by atoms with van der Waals surface area (Å²) in [6, 6.07) is 2.51. The summed E-state index contributed by atoms with van der Waals surface area (Å²) < 4.78 is 7.54. The highest BCUT2D eigenvalue weighted by Crippen LogP contribution is 2.10. The van der Waals surface area contributed by atoms with Crippen LogP contribution in [0.15, 0.2) is 12.3 Å². The van der Waals surface area contributed by atoms with Crippen LogP contribution in [-0.2, 0) is 11.3 Å². The van der Waals surface area contributed by atoms with Crippen molar-refractivity contribution in [2.24, 2.45) is 0 Å². The van der Waals surface area contributed by atoms with Crippen LogP contribution in [0.4, 0.5) is 0 Å². The van der Waals surface area contributed by atoms with E-state index in [0.29, 0.717) is 12.1 Å². The van der Waals surface area contributed by atoms with E-state index in [0.717, 1.165) is 25.4 Å². The summed E-state index contributed by atoms with van der Waals surface area (Å²) in [5, 5.41) is 7.88. The first-order valence-electron chi connectivity index (χ1n) is 6.12. The van der Waals surface area contributed by atoms with E-state index >= 15 is 0 Å². The van der Waals surface area contributed by atoms with Crippen LogP contribution in [-0.4, -0.2) is 29.0 Å². The summed E-state index contributed by atoms with van der Waals surface area (Å²) in [4.78, 5) is 0. The molecule has 1 aliphatic heterocycles. The first-order chi connectivity index (χ1) is 7.75. The molecule has 4 heteroatoms. The smallest absolute Gasteiger partial charge is 0.0762 e. The van der Waals surface area contributed by atoms with E-state index in [1.807, 2.05) is 10.9 Å². The molecule has 4 nitrogen and oxygen atoms in total. The average molecular weight is 223 g/mol. The molecular weight excluding hydrogens is 202 g/mol. The van der Waals surface area contributed by atoms with E-state index in [2.05, 4.69) is 30.3 Å². The Morgan fingerprint density at radius 2 is 2.50 bits per heavy atom. The lowest BCUT2D eigenvalue weighted by Crippen LogP contribution is -2.26. The topological polar surface area (TPSA) is 39.1 Å². The minimum Gasteiger partial charge on any atom is -0.377 e. The van der Waals surface area contributed by atoms with Gasteiger partial charge in [0.15, 0.2) is 0 Å². The molecule has 0 radical (unpaired) electrons. The molecule has 1 N–H and O–H groups in total. The number of rotatable bonds is 5. The summed E-state index contributed by atoms with van der Waals surface area (Å²) in [6.07, 6.45) is 4.84. The SMILES string of the molecule is CC(C)n1ccc(CNCC2CCCO2)n1. The maximum Gasteiger partial charge on any atom is 0.0762 e. The lowest BCUT2D eigenvalue weighted by molar-refractivity contribution is 0.110. The molecule has 1 atom stereocenters. The zero-order valence-electron chi connectivity index (χ0n) is 10.1. The summed E-state index contributed by atoms with van der Waals surface area (Å²) in [6.45, 7) is 6.97. The molecule has 90 valence electrons. The molecule has 1 aliphatic rings. The zero-order valence-corrected chi connectivity index (χ0v) is 10.1. The molecule has 0 amide bonds. The summed E-state index contributed by atoms with van der Waals surface area (Å²) in [7, 11) is 0. The Morgan fingerprint density at radius 1 is 1.62 bits per heavy atom. The number of nitrogens with one attached hydrogen (secondary N) is 1. The Balaban J connectivity index is 1.72. The van der Waals surface area contributed by atoms with Crippen molar-refractivity contribution in [3.05, 3.63) is 18.0 Å². The van der Waals surface area contributed by atoms with Gasteiger partial charge in [0.25, 0.3) is 0 Å². The molecule has 2 heterocycles. The van der Waals surface area contributed by atoms with Crippen molar-refractivity contribution in [1.82, 2.24) is 15.1 Å². The number of aromatic nitrogens is 2. The third kappa shape index (κ3) is 3.06. The van der Waals surface area contributed by atoms with Crippen LogP contribution in [0.25, 0.3) is 0 Å². The summed E-state index contributed by atoms with van der Waals surface area (Å²) in [5.41, 5.74) is 1.10. The van der Waals surface area contributed by atoms with E-state index in [-0.39, 0.29) is 0 Å². The fraction of sp³-hybridized carbons (Fsp3) is 0.750. The molecule has 0 aliphatic carbocycles. The van der Waals surface area contributed by atoms with Crippen LogP contribution < -0.4 is 5.32 Å². The standard InChI is InChI=1S/C12H21N3O/c1-10(2)15-6-5-11(14-15)8-13-9-12-4-3-7-16-12/h5-6,10,12-13H,3-4,7-9H2,1-2H3. The Labute approximate surface area is 97.0 Å². The normalized spacial score (nSPS) is 20.8. The average Bonchev–Trinajstić information content (AvgIpc) is 2.87. The molecule has 16 heavy (non-hydrogen) atoms. The van der Waals surface area contributed by atoms with Gasteiger partial charge in [-0.25, -0.2) is 0 Å². The van der Waals surface area contributed by atoms with Crippen molar-refractivity contribution < 1.29 is 4.74 Å². The maximum absolute atomic E-state index is 5.55. The second-order valence-corrected chi connectivity index (χ2v) is 4.65. The Bertz CT molecular complexity index is 316. The third-order valence-corrected chi connectivity index (χ3v) is 2.89. The zero-order chi connectivity index (χ0) is 11.4. The highest BCUT2D eigenvalue weighted by Gasteiger charge is 2.14. The number of nitrogens with zero attached hydrogens (tertiary/aromatic N) is 2. The molecule has 0 aromatic carbocycles. The Kier molecular flexibility index (Phi) is 3.96. The van der Waals surface area contributed by atoms with Crippen molar-refractivity contribution in [3.8, 4) is 0 Å². The Morgan fingerprint density at radius 3 is 3.12 bits per heavy atom. The molecule has 2 rings (SSSR count). The highest BCUT2D eigenvalue weighted by molar-refractivity contribution is 4.99. The van der Waals surface area contributed by atoms with Crippen LogP contribution in [0, 0.1) is 0 Å². The van der Waals surface area contributed by atoms with E-state index in [1.54, 1.807) is 0 Å². The molecule has 1 fully saturated rings. The quantitative estimate of drug-likeness (QED) is 0.826. The minimum absolute atomic E-state index is 0.409. The number of ether oxygens (including phenoxy) is 1. The molecular formula is C12H21N3O. The predicted molar refractivity (Wildman–Crippen MR) is 63.3 cm³/mol. The van der Waals surface area contributed by atoms with Gasteiger partial charge >= 0.3 is 0 Å². The summed E-state index contributed by atoms with van der Waals surface area (Å²) >= 11 is 0. The fourth-order valence-electron chi connectivity index (χ4n) is 1.93. The van der Waals surface area contributed by atoms with Gasteiger partial charge in [-0.2, -0.15) is 5.10 Å². The maximum atomic E-state index is 5.55. The second-order valence-electron chi connectivity index (χ2n) is 4.65. The van der Waals surface area contributed by atoms with Crippen molar-refractivity contribution >= 4 is 0 Å². The van der Waals surface area contributed by atoms with E-state index in [9.17, 15) is 0 Å². The van der Waals surface area contributed by atoms with Crippen LogP contribution in [0.1, 0.15) is 38.4 Å². The highest BCUT2D eigenvalue weighted by atomic mass is 16.5.